The molecule has 1 aliphatic heterocycles. The van der Waals surface area contributed by atoms with Gasteiger partial charge in [-0.05, 0) is 31.4 Å². The molecular formula is C23H34N4O3. The van der Waals surface area contributed by atoms with Crippen molar-refractivity contribution in [2.45, 2.75) is 44.1 Å². The summed E-state index contributed by atoms with van der Waals surface area (Å²) in [4.78, 5) is 35.2. The third-order valence-electron chi connectivity index (χ3n) is 6.14. The van der Waals surface area contributed by atoms with Crippen molar-refractivity contribution >= 4 is 11.8 Å². The number of carbonyl (C=O) groups excluding carboxylic acids is 2. The molecule has 0 aromatic carbocycles. The molecule has 0 radical (unpaired) electrons. The second kappa shape index (κ2) is 11.2. The molecule has 1 saturated carbocycles. The van der Waals surface area contributed by atoms with Gasteiger partial charge in [-0.3, -0.25) is 19.5 Å². The zero-order valence-corrected chi connectivity index (χ0v) is 17.9. The molecule has 0 spiro atoms. The molecule has 0 bridgehead atoms. The highest BCUT2D eigenvalue weighted by Gasteiger charge is 2.46. The van der Waals surface area contributed by atoms with Crippen LogP contribution in [0.5, 0.6) is 0 Å². The van der Waals surface area contributed by atoms with Gasteiger partial charge in [-0.15, -0.1) is 6.58 Å². The van der Waals surface area contributed by atoms with Crippen molar-refractivity contribution in [2.24, 2.45) is 0 Å². The van der Waals surface area contributed by atoms with Gasteiger partial charge in [0.2, 0.25) is 5.91 Å². The van der Waals surface area contributed by atoms with Crippen LogP contribution in [0, 0.1) is 0 Å². The summed E-state index contributed by atoms with van der Waals surface area (Å²) in [5.41, 5.74) is -0.274. The molecule has 2 heterocycles. The van der Waals surface area contributed by atoms with Gasteiger partial charge >= 0.3 is 0 Å². The van der Waals surface area contributed by atoms with Crippen molar-refractivity contribution < 1.29 is 14.3 Å². The minimum absolute atomic E-state index is 0.0642. The largest absolute Gasteiger partial charge is 0.379 e. The zero-order chi connectivity index (χ0) is 21.2. The van der Waals surface area contributed by atoms with Crippen molar-refractivity contribution in [1.82, 2.24) is 20.1 Å². The van der Waals surface area contributed by atoms with E-state index in [1.165, 1.54) is 0 Å². The van der Waals surface area contributed by atoms with Crippen LogP contribution in [-0.4, -0.2) is 78.1 Å². The highest BCUT2D eigenvalue weighted by molar-refractivity contribution is 5.99. The van der Waals surface area contributed by atoms with E-state index in [1.54, 1.807) is 30.6 Å². The average molecular weight is 415 g/mol. The predicted molar refractivity (Wildman–Crippen MR) is 116 cm³/mol. The summed E-state index contributed by atoms with van der Waals surface area (Å²) in [6.45, 7) is 8.91. The molecule has 1 aromatic heterocycles. The first kappa shape index (κ1) is 22.4. The van der Waals surface area contributed by atoms with Crippen LogP contribution in [0.3, 0.4) is 0 Å². The topological polar surface area (TPSA) is 74.8 Å². The maximum atomic E-state index is 13.6. The van der Waals surface area contributed by atoms with E-state index < -0.39 is 5.54 Å². The van der Waals surface area contributed by atoms with Gasteiger partial charge in [0.05, 0.1) is 18.8 Å². The number of carbonyl (C=O) groups is 2. The summed E-state index contributed by atoms with van der Waals surface area (Å²) >= 11 is 0. The lowest BCUT2D eigenvalue weighted by Gasteiger charge is -2.45. The number of nitrogens with zero attached hydrogens (tertiary/aromatic N) is 3. The van der Waals surface area contributed by atoms with Crippen LogP contribution in [0.25, 0.3) is 0 Å². The Morgan fingerprint density at radius 3 is 2.70 bits per heavy atom. The molecule has 2 fully saturated rings. The highest BCUT2D eigenvalue weighted by Crippen LogP contribution is 2.35. The number of aromatic nitrogens is 1. The number of morpholine rings is 1. The number of rotatable bonds is 9. The van der Waals surface area contributed by atoms with Crippen LogP contribution in [0.2, 0.25) is 0 Å². The molecule has 3 rings (SSSR count). The van der Waals surface area contributed by atoms with Crippen molar-refractivity contribution in [3.63, 3.8) is 0 Å². The molecule has 1 N–H and O–H groups in total. The molecule has 7 nitrogen and oxygen atoms in total. The number of ether oxygens (including phenoxy) is 1. The SMILES string of the molecule is C=CCNC(=O)C1(N(CCCN2CCOCC2)C(=O)c2cccnc2)CCCCC1. The summed E-state index contributed by atoms with van der Waals surface area (Å²) in [6.07, 6.45) is 10.1. The van der Waals surface area contributed by atoms with Crippen molar-refractivity contribution in [2.75, 3.05) is 45.9 Å². The van der Waals surface area contributed by atoms with Gasteiger partial charge in [0.15, 0.2) is 0 Å². The zero-order valence-electron chi connectivity index (χ0n) is 17.9. The first-order valence-corrected chi connectivity index (χ1v) is 11.1. The van der Waals surface area contributed by atoms with Crippen molar-refractivity contribution in [3.8, 4) is 0 Å². The van der Waals surface area contributed by atoms with E-state index in [2.05, 4.69) is 21.8 Å². The minimum atomic E-state index is -0.806. The first-order chi connectivity index (χ1) is 14.7. The number of amides is 2. The Morgan fingerprint density at radius 2 is 2.03 bits per heavy atom. The van der Waals surface area contributed by atoms with E-state index in [1.807, 2.05) is 4.90 Å². The Labute approximate surface area is 179 Å². The second-order valence-electron chi connectivity index (χ2n) is 8.10. The number of nitrogens with one attached hydrogen (secondary N) is 1. The maximum Gasteiger partial charge on any atom is 0.256 e. The van der Waals surface area contributed by atoms with Gasteiger partial charge in [0.1, 0.15) is 5.54 Å². The Balaban J connectivity index is 1.81. The molecular weight excluding hydrogens is 380 g/mol. The van der Waals surface area contributed by atoms with E-state index >= 15 is 0 Å². The summed E-state index contributed by atoms with van der Waals surface area (Å²) in [6, 6.07) is 3.55. The quantitative estimate of drug-likeness (QED) is 0.628. The molecule has 1 aromatic rings. The smallest absolute Gasteiger partial charge is 0.256 e. The molecule has 2 amide bonds. The molecule has 7 heteroatoms. The van der Waals surface area contributed by atoms with Crippen LogP contribution in [0.4, 0.5) is 0 Å². The molecule has 30 heavy (non-hydrogen) atoms. The minimum Gasteiger partial charge on any atom is -0.379 e. The van der Waals surface area contributed by atoms with Gasteiger partial charge in [-0.25, -0.2) is 0 Å². The summed E-state index contributed by atoms with van der Waals surface area (Å²) in [7, 11) is 0. The lowest BCUT2D eigenvalue weighted by atomic mass is 9.78. The average Bonchev–Trinajstić information content (AvgIpc) is 2.81. The van der Waals surface area contributed by atoms with Gasteiger partial charge in [0.25, 0.3) is 5.91 Å². The van der Waals surface area contributed by atoms with Gasteiger partial charge in [-0.2, -0.15) is 0 Å². The fourth-order valence-electron chi connectivity index (χ4n) is 4.52. The maximum absolute atomic E-state index is 13.6. The lowest BCUT2D eigenvalue weighted by Crippen LogP contribution is -2.62. The van der Waals surface area contributed by atoms with E-state index in [0.717, 1.165) is 58.5 Å². The molecule has 0 unspecified atom stereocenters. The normalized spacial score (nSPS) is 19.1. The van der Waals surface area contributed by atoms with E-state index in [9.17, 15) is 9.59 Å². The number of hydrogen-bond donors (Lipinski definition) is 1. The summed E-state index contributed by atoms with van der Waals surface area (Å²) in [5, 5.41) is 2.98. The molecule has 1 saturated heterocycles. The Bertz CT molecular complexity index is 698. The van der Waals surface area contributed by atoms with Crippen LogP contribution >= 0.6 is 0 Å². The number of hydrogen-bond acceptors (Lipinski definition) is 5. The van der Waals surface area contributed by atoms with Crippen molar-refractivity contribution in [3.05, 3.63) is 42.7 Å². The molecule has 164 valence electrons. The monoisotopic (exact) mass is 414 g/mol. The van der Waals surface area contributed by atoms with Gasteiger partial charge in [-0.1, -0.05) is 25.3 Å². The fourth-order valence-corrected chi connectivity index (χ4v) is 4.52. The summed E-state index contributed by atoms with van der Waals surface area (Å²) < 4.78 is 5.43. The summed E-state index contributed by atoms with van der Waals surface area (Å²) in [5.74, 6) is -0.175. The van der Waals surface area contributed by atoms with Gasteiger partial charge < -0.3 is 15.0 Å². The van der Waals surface area contributed by atoms with Crippen molar-refractivity contribution in [1.29, 1.82) is 0 Å². The van der Waals surface area contributed by atoms with Crippen LogP contribution in [-0.2, 0) is 9.53 Å². The number of pyridine rings is 1. The predicted octanol–water partition coefficient (Wildman–Crippen LogP) is 2.25. The van der Waals surface area contributed by atoms with Crippen LogP contribution < -0.4 is 5.32 Å². The van der Waals surface area contributed by atoms with Gasteiger partial charge in [0, 0.05) is 45.1 Å². The lowest BCUT2D eigenvalue weighted by molar-refractivity contribution is -0.134. The first-order valence-electron chi connectivity index (χ1n) is 11.1. The Morgan fingerprint density at radius 1 is 1.27 bits per heavy atom. The van der Waals surface area contributed by atoms with E-state index in [0.29, 0.717) is 31.5 Å². The van der Waals surface area contributed by atoms with Crippen LogP contribution in [0.15, 0.2) is 37.2 Å². The Kier molecular flexibility index (Phi) is 8.39. The fraction of sp³-hybridized carbons (Fsp3) is 0.609. The molecule has 0 atom stereocenters. The molecule has 2 aliphatic rings. The van der Waals surface area contributed by atoms with E-state index in [-0.39, 0.29) is 11.8 Å². The second-order valence-corrected chi connectivity index (χ2v) is 8.10. The Hall–Kier alpha value is -2.25. The van der Waals surface area contributed by atoms with Crippen LogP contribution in [0.1, 0.15) is 48.9 Å². The van der Waals surface area contributed by atoms with E-state index in [4.69, 9.17) is 4.74 Å². The molecule has 1 aliphatic carbocycles. The highest BCUT2D eigenvalue weighted by atomic mass is 16.5. The third kappa shape index (κ3) is 5.46. The third-order valence-corrected chi connectivity index (χ3v) is 6.14. The standard InChI is InChI=1S/C23H34N4O3/c1-2-11-25-22(29)23(9-4-3-5-10-23)27(21(28)20-8-6-12-24-19-20)14-7-13-26-15-17-30-18-16-26/h2,6,8,12,19H,1,3-5,7,9-11,13-18H2,(H,25,29).